The Balaban J connectivity index is 1.88. The Kier molecular flexibility index (Phi) is 12.6. The van der Waals surface area contributed by atoms with Gasteiger partial charge in [0.15, 0.2) is 11.5 Å². The third-order valence-electron chi connectivity index (χ3n) is 7.50. The van der Waals surface area contributed by atoms with E-state index in [0.29, 0.717) is 22.9 Å². The van der Waals surface area contributed by atoms with Crippen molar-refractivity contribution in [2.75, 3.05) is 38.7 Å². The summed E-state index contributed by atoms with van der Waals surface area (Å²) < 4.78 is 46.1. The number of nitrogens with one attached hydrogen (secondary N) is 1. The van der Waals surface area contributed by atoms with Crippen molar-refractivity contribution in [3.63, 3.8) is 0 Å². The Morgan fingerprint density at radius 1 is 0.771 bits per heavy atom. The quantitative estimate of drug-likeness (QED) is 0.161. The molecule has 10 nitrogen and oxygen atoms in total. The number of rotatable bonds is 15. The normalized spacial score (nSPS) is 11.7. The number of methoxy groups -OCH3 is 3. The Labute approximate surface area is 291 Å². The lowest BCUT2D eigenvalue weighted by molar-refractivity contribution is -0.140. The summed E-state index contributed by atoms with van der Waals surface area (Å²) in [5.74, 6) is -0.413. The summed E-state index contributed by atoms with van der Waals surface area (Å²) >= 11 is 12.7. The number of ether oxygens (including phenoxy) is 3. The molecule has 0 bridgehead atoms. The summed E-state index contributed by atoms with van der Waals surface area (Å²) in [4.78, 5) is 29.5. The van der Waals surface area contributed by atoms with Gasteiger partial charge in [-0.1, -0.05) is 65.7 Å². The summed E-state index contributed by atoms with van der Waals surface area (Å²) in [5.41, 5.74) is 1.48. The van der Waals surface area contributed by atoms with E-state index >= 15 is 0 Å². The predicted octanol–water partition coefficient (Wildman–Crippen LogP) is 5.99. The molecule has 0 spiro atoms. The molecule has 4 aromatic rings. The minimum absolute atomic E-state index is 0.0217. The first-order chi connectivity index (χ1) is 23.0. The number of carbonyl (C=O) groups excluding carboxylic acids is 2. The van der Waals surface area contributed by atoms with Crippen molar-refractivity contribution < 1.29 is 32.2 Å². The van der Waals surface area contributed by atoms with Crippen LogP contribution in [0.5, 0.6) is 17.2 Å². The van der Waals surface area contributed by atoms with Gasteiger partial charge in [0.25, 0.3) is 10.0 Å². The first kappa shape index (κ1) is 36.4. The van der Waals surface area contributed by atoms with E-state index in [1.54, 1.807) is 37.3 Å². The fourth-order valence-corrected chi connectivity index (χ4v) is 6.97. The third-order valence-corrected chi connectivity index (χ3v) is 9.72. The standard InChI is InChI=1S/C35H37Cl2N3O7S/c1-5-38-35(42)30(19-24-10-7-6-8-11-24)39(22-25-12-9-13-26(36)18-25)34(41)23-40(29-20-27(37)14-16-31(29)45-2)48(43,44)28-15-17-32(46-3)33(21-28)47-4/h6-18,20-21,30H,5,19,22-23H2,1-4H3,(H,38,42)/t30-/m1/s1. The maximum atomic E-state index is 14.6. The van der Waals surface area contributed by atoms with Crippen LogP contribution in [0.3, 0.4) is 0 Å². The van der Waals surface area contributed by atoms with E-state index < -0.39 is 34.4 Å². The van der Waals surface area contributed by atoms with Gasteiger partial charge in [0.05, 0.1) is 31.9 Å². The van der Waals surface area contributed by atoms with E-state index in [4.69, 9.17) is 37.4 Å². The molecule has 1 atom stereocenters. The average Bonchev–Trinajstić information content (AvgIpc) is 3.08. The Morgan fingerprint density at radius 3 is 2.06 bits per heavy atom. The highest BCUT2D eigenvalue weighted by Gasteiger charge is 2.36. The number of hydrogen-bond acceptors (Lipinski definition) is 7. The van der Waals surface area contributed by atoms with Crippen molar-refractivity contribution in [1.82, 2.24) is 10.2 Å². The van der Waals surface area contributed by atoms with Crippen LogP contribution in [0.4, 0.5) is 5.69 Å². The van der Waals surface area contributed by atoms with Crippen molar-refractivity contribution >= 4 is 50.7 Å². The molecule has 0 unspecified atom stereocenters. The zero-order valence-electron chi connectivity index (χ0n) is 27.0. The summed E-state index contributed by atoms with van der Waals surface area (Å²) in [6.07, 6.45) is 0.169. The van der Waals surface area contributed by atoms with E-state index in [1.165, 1.54) is 56.6 Å². The van der Waals surface area contributed by atoms with Crippen molar-refractivity contribution in [2.45, 2.75) is 30.8 Å². The van der Waals surface area contributed by atoms with Crippen molar-refractivity contribution in [3.05, 3.63) is 112 Å². The molecule has 0 aliphatic heterocycles. The van der Waals surface area contributed by atoms with Crippen LogP contribution in [0.1, 0.15) is 18.1 Å². The highest BCUT2D eigenvalue weighted by molar-refractivity contribution is 7.92. The Morgan fingerprint density at radius 2 is 1.42 bits per heavy atom. The molecular formula is C35H37Cl2N3O7S. The Bertz CT molecular complexity index is 1840. The van der Waals surface area contributed by atoms with E-state index in [1.807, 2.05) is 30.3 Å². The number of hydrogen-bond donors (Lipinski definition) is 1. The van der Waals surface area contributed by atoms with Gasteiger partial charge in [-0.15, -0.1) is 0 Å². The maximum Gasteiger partial charge on any atom is 0.265 e. The number of nitrogens with zero attached hydrogens (tertiary/aromatic N) is 2. The minimum atomic E-state index is -4.49. The molecule has 1 N–H and O–H groups in total. The number of anilines is 1. The number of benzene rings is 4. The number of likely N-dealkylation sites (N-methyl/N-ethyl adjacent to an activating group) is 1. The molecule has 4 rings (SSSR count). The van der Waals surface area contributed by atoms with Crippen LogP contribution in [-0.4, -0.2) is 65.6 Å². The highest BCUT2D eigenvalue weighted by Crippen LogP contribution is 2.37. The van der Waals surface area contributed by atoms with E-state index in [2.05, 4.69) is 5.32 Å². The van der Waals surface area contributed by atoms with Crippen molar-refractivity contribution in [2.24, 2.45) is 0 Å². The van der Waals surface area contributed by atoms with Crippen LogP contribution < -0.4 is 23.8 Å². The molecule has 0 saturated heterocycles. The second kappa shape index (κ2) is 16.6. The monoisotopic (exact) mass is 713 g/mol. The summed E-state index contributed by atoms with van der Waals surface area (Å²) in [6.45, 7) is 1.36. The predicted molar refractivity (Wildman–Crippen MR) is 187 cm³/mol. The minimum Gasteiger partial charge on any atom is -0.495 e. The molecule has 254 valence electrons. The largest absolute Gasteiger partial charge is 0.495 e. The second-order valence-corrected chi connectivity index (χ2v) is 13.3. The summed E-state index contributed by atoms with van der Waals surface area (Å²) in [7, 11) is -0.293. The van der Waals surface area contributed by atoms with Gasteiger partial charge in [-0.25, -0.2) is 8.42 Å². The molecule has 0 aromatic heterocycles. The molecule has 13 heteroatoms. The molecule has 4 aromatic carbocycles. The van der Waals surface area contributed by atoms with Crippen molar-refractivity contribution in [3.8, 4) is 17.2 Å². The second-order valence-electron chi connectivity index (χ2n) is 10.6. The van der Waals surface area contributed by atoms with Gasteiger partial charge in [0, 0.05) is 35.6 Å². The molecule has 0 fully saturated rings. The van der Waals surface area contributed by atoms with Gasteiger partial charge in [-0.3, -0.25) is 13.9 Å². The first-order valence-corrected chi connectivity index (χ1v) is 17.2. The van der Waals surface area contributed by atoms with Crippen molar-refractivity contribution in [1.29, 1.82) is 0 Å². The van der Waals surface area contributed by atoms with Crippen LogP contribution in [-0.2, 0) is 32.6 Å². The van der Waals surface area contributed by atoms with E-state index in [-0.39, 0.29) is 40.1 Å². The van der Waals surface area contributed by atoms with E-state index in [0.717, 1.165) is 9.87 Å². The van der Waals surface area contributed by atoms with Gasteiger partial charge < -0.3 is 24.4 Å². The lowest BCUT2D eigenvalue weighted by atomic mass is 10.0. The molecule has 0 heterocycles. The van der Waals surface area contributed by atoms with Crippen LogP contribution in [0, 0.1) is 0 Å². The zero-order chi connectivity index (χ0) is 34.8. The average molecular weight is 715 g/mol. The number of amides is 2. The molecule has 0 saturated carbocycles. The van der Waals surface area contributed by atoms with Gasteiger partial charge in [-0.2, -0.15) is 0 Å². The first-order valence-electron chi connectivity index (χ1n) is 15.0. The molecule has 0 aliphatic rings. The topological polar surface area (TPSA) is 114 Å². The fraction of sp³-hybridized carbons (Fsp3) is 0.257. The lowest BCUT2D eigenvalue weighted by Gasteiger charge is -2.34. The smallest absolute Gasteiger partial charge is 0.265 e. The molecular weight excluding hydrogens is 677 g/mol. The van der Waals surface area contributed by atoms with Crippen LogP contribution in [0.2, 0.25) is 10.0 Å². The SMILES string of the molecule is CCNC(=O)[C@@H](Cc1ccccc1)N(Cc1cccc(Cl)c1)C(=O)CN(c1cc(Cl)ccc1OC)S(=O)(=O)c1ccc(OC)c(OC)c1. The molecule has 0 radical (unpaired) electrons. The maximum absolute atomic E-state index is 14.6. The van der Waals surface area contributed by atoms with Gasteiger partial charge in [0.1, 0.15) is 18.3 Å². The molecule has 2 amide bonds. The number of halogens is 2. The Hall–Kier alpha value is -4.45. The van der Waals surface area contributed by atoms with Gasteiger partial charge in [0.2, 0.25) is 11.8 Å². The fourth-order valence-electron chi connectivity index (χ4n) is 5.15. The summed E-state index contributed by atoms with van der Waals surface area (Å²) in [6, 6.07) is 23.7. The number of carbonyl (C=O) groups is 2. The van der Waals surface area contributed by atoms with Crippen LogP contribution in [0.15, 0.2) is 95.9 Å². The highest BCUT2D eigenvalue weighted by atomic mass is 35.5. The summed E-state index contributed by atoms with van der Waals surface area (Å²) in [5, 5.41) is 3.49. The van der Waals surface area contributed by atoms with E-state index in [9.17, 15) is 18.0 Å². The zero-order valence-corrected chi connectivity index (χ0v) is 29.3. The third kappa shape index (κ3) is 8.71. The van der Waals surface area contributed by atoms with Crippen LogP contribution in [0.25, 0.3) is 0 Å². The number of sulfonamides is 1. The molecule has 0 aliphatic carbocycles. The molecule has 48 heavy (non-hydrogen) atoms. The lowest BCUT2D eigenvalue weighted by Crippen LogP contribution is -2.53. The van der Waals surface area contributed by atoms with Gasteiger partial charge in [-0.05, 0) is 60.5 Å². The van der Waals surface area contributed by atoms with Crippen LogP contribution >= 0.6 is 23.2 Å². The van der Waals surface area contributed by atoms with Gasteiger partial charge >= 0.3 is 0 Å².